The van der Waals surface area contributed by atoms with Crippen molar-refractivity contribution in [2.24, 2.45) is 17.3 Å². The Morgan fingerprint density at radius 1 is 1.30 bits per heavy atom. The molecule has 2 saturated heterocycles. The predicted octanol–water partition coefficient (Wildman–Crippen LogP) is 1.87. The average molecular weight is 275 g/mol. The molecule has 0 N–H and O–H groups in total. The van der Waals surface area contributed by atoms with E-state index < -0.39 is 0 Å². The van der Waals surface area contributed by atoms with Crippen LogP contribution in [0.4, 0.5) is 0 Å². The first-order chi connectivity index (χ1) is 9.54. The molecule has 3 fully saturated rings. The van der Waals surface area contributed by atoms with Gasteiger partial charge in [-0.05, 0) is 39.7 Å². The number of carbonyl (C=O) groups is 1. The van der Waals surface area contributed by atoms with Crippen LogP contribution in [0, 0.1) is 28.6 Å². The van der Waals surface area contributed by atoms with Crippen molar-refractivity contribution in [2.45, 2.75) is 45.6 Å². The number of rotatable bonds is 2. The summed E-state index contributed by atoms with van der Waals surface area (Å²) in [5, 5.41) is 8.85. The third-order valence-corrected chi connectivity index (χ3v) is 5.31. The summed E-state index contributed by atoms with van der Waals surface area (Å²) in [4.78, 5) is 16.8. The van der Waals surface area contributed by atoms with Crippen molar-refractivity contribution in [3.63, 3.8) is 0 Å². The van der Waals surface area contributed by atoms with Gasteiger partial charge in [0.15, 0.2) is 0 Å². The number of nitrogens with zero attached hydrogens (tertiary/aromatic N) is 3. The summed E-state index contributed by atoms with van der Waals surface area (Å²) in [5.41, 5.74) is 0.341. The van der Waals surface area contributed by atoms with Gasteiger partial charge in [0.2, 0.25) is 5.91 Å². The maximum Gasteiger partial charge on any atom is 0.227 e. The molecule has 20 heavy (non-hydrogen) atoms. The summed E-state index contributed by atoms with van der Waals surface area (Å²) in [6.07, 6.45) is 4.62. The minimum atomic E-state index is 0.000320. The summed E-state index contributed by atoms with van der Waals surface area (Å²) in [6.45, 7) is 8.71. The molecule has 0 aromatic carbocycles. The maximum absolute atomic E-state index is 12.2. The lowest BCUT2D eigenvalue weighted by atomic mass is 9.75. The number of nitriles is 1. The van der Waals surface area contributed by atoms with E-state index >= 15 is 0 Å². The summed E-state index contributed by atoms with van der Waals surface area (Å²) in [7, 11) is 0. The van der Waals surface area contributed by atoms with E-state index in [1.54, 1.807) is 0 Å². The second-order valence-electron chi connectivity index (χ2n) is 7.29. The van der Waals surface area contributed by atoms with E-state index in [-0.39, 0.29) is 17.7 Å². The van der Waals surface area contributed by atoms with Gasteiger partial charge in [-0.2, -0.15) is 5.26 Å². The molecule has 110 valence electrons. The highest BCUT2D eigenvalue weighted by Crippen LogP contribution is 2.44. The van der Waals surface area contributed by atoms with Crippen LogP contribution in [0.5, 0.6) is 0 Å². The second-order valence-corrected chi connectivity index (χ2v) is 7.29. The Morgan fingerprint density at radius 3 is 2.65 bits per heavy atom. The molecule has 1 aliphatic carbocycles. The first-order valence-electron chi connectivity index (χ1n) is 7.97. The average Bonchev–Trinajstić information content (AvgIpc) is 3.18. The van der Waals surface area contributed by atoms with Crippen molar-refractivity contribution in [3.8, 4) is 6.07 Å². The maximum atomic E-state index is 12.2. The molecule has 4 nitrogen and oxygen atoms in total. The number of amides is 1. The number of carbonyl (C=O) groups excluding carboxylic acids is 1. The van der Waals surface area contributed by atoms with E-state index in [1.807, 2.05) is 4.90 Å². The molecule has 0 bridgehead atoms. The Bertz CT molecular complexity index is 433. The van der Waals surface area contributed by atoms with Crippen LogP contribution in [0.15, 0.2) is 0 Å². The van der Waals surface area contributed by atoms with Gasteiger partial charge < -0.3 is 9.80 Å². The summed E-state index contributed by atoms with van der Waals surface area (Å²) >= 11 is 0. The topological polar surface area (TPSA) is 47.3 Å². The number of likely N-dealkylation sites (tertiary alicyclic amines) is 2. The fourth-order valence-corrected chi connectivity index (χ4v) is 3.87. The largest absolute Gasteiger partial charge is 0.341 e. The van der Waals surface area contributed by atoms with Crippen molar-refractivity contribution in [3.05, 3.63) is 0 Å². The summed E-state index contributed by atoms with van der Waals surface area (Å²) < 4.78 is 0. The first-order valence-corrected chi connectivity index (χ1v) is 7.97. The Hall–Kier alpha value is -1.08. The van der Waals surface area contributed by atoms with Gasteiger partial charge in [0.05, 0.1) is 17.9 Å². The molecule has 2 atom stereocenters. The van der Waals surface area contributed by atoms with Crippen LogP contribution in [0.3, 0.4) is 0 Å². The Labute approximate surface area is 121 Å². The molecule has 0 radical (unpaired) electrons. The van der Waals surface area contributed by atoms with Crippen LogP contribution >= 0.6 is 0 Å². The molecular weight excluding hydrogens is 250 g/mol. The van der Waals surface area contributed by atoms with E-state index in [1.165, 1.54) is 25.8 Å². The van der Waals surface area contributed by atoms with Gasteiger partial charge >= 0.3 is 0 Å². The number of hydrogen-bond acceptors (Lipinski definition) is 3. The van der Waals surface area contributed by atoms with Gasteiger partial charge in [-0.25, -0.2) is 0 Å². The minimum absolute atomic E-state index is 0.000320. The lowest BCUT2D eigenvalue weighted by Gasteiger charge is -2.52. The SMILES string of the molecule is CC(C)N1CCCCC2(CN(C(=O)[C@@H]3C[C@H]3C#N)C2)C1. The van der Waals surface area contributed by atoms with Gasteiger partial charge in [0.1, 0.15) is 0 Å². The summed E-state index contributed by atoms with van der Waals surface area (Å²) in [5.74, 6) is 0.257. The zero-order valence-corrected chi connectivity index (χ0v) is 12.6. The van der Waals surface area contributed by atoms with Gasteiger partial charge in [0.25, 0.3) is 0 Å². The van der Waals surface area contributed by atoms with Crippen LogP contribution in [-0.4, -0.2) is 47.9 Å². The quantitative estimate of drug-likeness (QED) is 0.773. The molecule has 0 aromatic heterocycles. The standard InChI is InChI=1S/C16H25N3O/c1-12(2)18-6-4-3-5-16(9-18)10-19(11-16)15(20)14-7-13(14)8-17/h12-14H,3-7,9-11H2,1-2H3/t13-,14+/m0/s1. The molecule has 1 spiro atoms. The normalized spacial score (nSPS) is 32.6. The van der Waals surface area contributed by atoms with Crippen molar-refractivity contribution in [2.75, 3.05) is 26.2 Å². The fourth-order valence-electron chi connectivity index (χ4n) is 3.87. The highest BCUT2D eigenvalue weighted by Gasteiger charge is 2.52. The molecule has 0 aromatic rings. The highest BCUT2D eigenvalue weighted by molar-refractivity contribution is 5.83. The van der Waals surface area contributed by atoms with Crippen molar-refractivity contribution in [1.29, 1.82) is 5.26 Å². The fraction of sp³-hybridized carbons (Fsp3) is 0.875. The lowest BCUT2D eigenvalue weighted by molar-refractivity contribution is -0.146. The second kappa shape index (κ2) is 5.04. The van der Waals surface area contributed by atoms with E-state index in [2.05, 4.69) is 24.8 Å². The highest BCUT2D eigenvalue weighted by atomic mass is 16.2. The molecule has 3 aliphatic rings. The first kappa shape index (κ1) is 13.9. The third-order valence-electron chi connectivity index (χ3n) is 5.31. The molecule has 0 unspecified atom stereocenters. The zero-order valence-electron chi connectivity index (χ0n) is 12.6. The minimum Gasteiger partial charge on any atom is -0.341 e. The predicted molar refractivity (Wildman–Crippen MR) is 76.8 cm³/mol. The van der Waals surface area contributed by atoms with E-state index in [0.29, 0.717) is 11.5 Å². The van der Waals surface area contributed by atoms with Crippen LogP contribution < -0.4 is 0 Å². The van der Waals surface area contributed by atoms with Crippen LogP contribution in [-0.2, 0) is 4.79 Å². The molecule has 3 rings (SSSR count). The van der Waals surface area contributed by atoms with E-state index in [4.69, 9.17) is 5.26 Å². The third kappa shape index (κ3) is 2.44. The van der Waals surface area contributed by atoms with Crippen molar-refractivity contribution in [1.82, 2.24) is 9.80 Å². The molecule has 1 saturated carbocycles. The smallest absolute Gasteiger partial charge is 0.227 e. The lowest BCUT2D eigenvalue weighted by Crippen LogP contribution is -2.62. The molecular formula is C16H25N3O. The van der Waals surface area contributed by atoms with Gasteiger partial charge in [0, 0.05) is 31.1 Å². The summed E-state index contributed by atoms with van der Waals surface area (Å²) in [6, 6.07) is 2.82. The number of hydrogen-bond donors (Lipinski definition) is 0. The Kier molecular flexibility index (Phi) is 3.50. The molecule has 2 heterocycles. The monoisotopic (exact) mass is 275 g/mol. The zero-order chi connectivity index (χ0) is 14.3. The Balaban J connectivity index is 1.57. The van der Waals surface area contributed by atoms with Crippen molar-refractivity contribution < 1.29 is 4.79 Å². The van der Waals surface area contributed by atoms with E-state index in [9.17, 15) is 4.79 Å². The van der Waals surface area contributed by atoms with Crippen LogP contribution in [0.25, 0.3) is 0 Å². The van der Waals surface area contributed by atoms with Gasteiger partial charge in [-0.3, -0.25) is 4.79 Å². The molecule has 4 heteroatoms. The molecule has 2 aliphatic heterocycles. The van der Waals surface area contributed by atoms with Gasteiger partial charge in [-0.15, -0.1) is 0 Å². The van der Waals surface area contributed by atoms with Gasteiger partial charge in [-0.1, -0.05) is 6.42 Å². The van der Waals surface area contributed by atoms with E-state index in [0.717, 1.165) is 26.1 Å². The molecule has 1 amide bonds. The van der Waals surface area contributed by atoms with Crippen molar-refractivity contribution >= 4 is 5.91 Å². The Morgan fingerprint density at radius 2 is 2.05 bits per heavy atom. The van der Waals surface area contributed by atoms with Crippen LogP contribution in [0.1, 0.15) is 39.5 Å². The van der Waals surface area contributed by atoms with Crippen LogP contribution in [0.2, 0.25) is 0 Å².